The van der Waals surface area contributed by atoms with Gasteiger partial charge >= 0.3 is 12.1 Å². The van der Waals surface area contributed by atoms with Crippen LogP contribution in [0.5, 0.6) is 0 Å². The minimum Gasteiger partial charge on any atom is -0.469 e. The average Bonchev–Trinajstić information content (AvgIpc) is 3.55. The van der Waals surface area contributed by atoms with Gasteiger partial charge in [0.25, 0.3) is 0 Å². The zero-order chi connectivity index (χ0) is 22.8. The number of amides is 1. The molecule has 0 atom stereocenters. The molecule has 0 unspecified atom stereocenters. The number of rotatable bonds is 7. The van der Waals surface area contributed by atoms with E-state index in [0.29, 0.717) is 33.8 Å². The average molecular weight is 454 g/mol. The van der Waals surface area contributed by atoms with Gasteiger partial charge in [0.1, 0.15) is 0 Å². The van der Waals surface area contributed by atoms with Crippen LogP contribution in [-0.4, -0.2) is 30.4 Å². The van der Waals surface area contributed by atoms with Crippen LogP contribution >= 0.6 is 11.6 Å². The summed E-state index contributed by atoms with van der Waals surface area (Å²) >= 11 is 6.22. The second-order valence-electron chi connectivity index (χ2n) is 7.60. The lowest BCUT2D eigenvalue weighted by atomic mass is 9.95. The van der Waals surface area contributed by atoms with Crippen molar-refractivity contribution in [3.05, 3.63) is 58.1 Å². The highest BCUT2D eigenvalue weighted by molar-refractivity contribution is 6.31. The van der Waals surface area contributed by atoms with Crippen LogP contribution in [-0.2, 0) is 33.5 Å². The fourth-order valence-corrected chi connectivity index (χ4v) is 3.73. The quantitative estimate of drug-likeness (QED) is 0.520. The van der Waals surface area contributed by atoms with E-state index in [1.807, 2.05) is 0 Å². The minimum atomic E-state index is -4.50. The maximum Gasteiger partial charge on any atom is 0.416 e. The second-order valence-corrected chi connectivity index (χ2v) is 8.03. The van der Waals surface area contributed by atoms with E-state index >= 15 is 0 Å². The monoisotopic (exact) mass is 453 g/mol. The number of hydrogen-bond donors (Lipinski definition) is 0. The van der Waals surface area contributed by atoms with Gasteiger partial charge in [0, 0.05) is 24.0 Å². The first-order valence-corrected chi connectivity index (χ1v) is 10.4. The zero-order valence-corrected chi connectivity index (χ0v) is 18.0. The molecule has 1 amide bonds. The van der Waals surface area contributed by atoms with Gasteiger partial charge in [-0.3, -0.25) is 9.59 Å². The van der Waals surface area contributed by atoms with Crippen molar-refractivity contribution in [2.24, 2.45) is 5.92 Å². The summed E-state index contributed by atoms with van der Waals surface area (Å²) in [5, 5.41) is 0.351. The van der Waals surface area contributed by atoms with E-state index in [2.05, 4.69) is 4.74 Å². The number of methoxy groups -OCH3 is 1. The van der Waals surface area contributed by atoms with Gasteiger partial charge in [-0.2, -0.15) is 13.2 Å². The number of esters is 1. The lowest BCUT2D eigenvalue weighted by Gasteiger charge is -2.24. The Morgan fingerprint density at radius 2 is 1.87 bits per heavy atom. The Hall–Kier alpha value is -2.54. The van der Waals surface area contributed by atoms with Crippen molar-refractivity contribution in [1.82, 2.24) is 4.90 Å². The Morgan fingerprint density at radius 1 is 1.16 bits per heavy atom. The number of benzene rings is 2. The van der Waals surface area contributed by atoms with Crippen molar-refractivity contribution >= 4 is 23.5 Å². The molecule has 4 nitrogen and oxygen atoms in total. The van der Waals surface area contributed by atoms with Gasteiger partial charge in [-0.25, -0.2) is 0 Å². The molecule has 0 bridgehead atoms. The number of halogens is 4. The molecule has 1 aliphatic rings. The molecule has 166 valence electrons. The second kappa shape index (κ2) is 9.30. The third-order valence-corrected chi connectivity index (χ3v) is 5.48. The van der Waals surface area contributed by atoms with E-state index in [9.17, 15) is 22.8 Å². The first kappa shape index (κ1) is 23.1. The van der Waals surface area contributed by atoms with Crippen LogP contribution in [0, 0.1) is 5.92 Å². The van der Waals surface area contributed by atoms with Gasteiger partial charge in [-0.1, -0.05) is 23.7 Å². The maximum absolute atomic E-state index is 13.4. The summed E-state index contributed by atoms with van der Waals surface area (Å²) in [5.74, 6) is -0.525. The van der Waals surface area contributed by atoms with Crippen molar-refractivity contribution in [2.75, 3.05) is 13.7 Å². The van der Waals surface area contributed by atoms with Crippen LogP contribution in [0.2, 0.25) is 5.02 Å². The summed E-state index contributed by atoms with van der Waals surface area (Å²) in [6, 6.07) is 8.43. The number of alkyl halides is 3. The number of hydrogen-bond acceptors (Lipinski definition) is 3. The highest BCUT2D eigenvalue weighted by atomic mass is 35.5. The summed E-state index contributed by atoms with van der Waals surface area (Å²) in [7, 11) is 1.28. The predicted molar refractivity (Wildman–Crippen MR) is 111 cm³/mol. The standard InChI is InChI=1S/C23H23ClF3NO3/c1-3-28(22(30)15-4-5-15)13-17-11-18(23(25,26)27)6-7-20(17)16-8-14(9-19(24)12-16)10-21(29)31-2/h6-9,11-12,15H,3-5,10,13H2,1-2H3. The molecule has 0 saturated heterocycles. The molecular weight excluding hydrogens is 431 g/mol. The van der Waals surface area contributed by atoms with Crippen molar-refractivity contribution in [3.8, 4) is 11.1 Å². The minimum absolute atomic E-state index is 0.0126. The third kappa shape index (κ3) is 5.79. The predicted octanol–water partition coefficient (Wildman–Crippen LogP) is 5.50. The molecule has 2 aromatic rings. The van der Waals surface area contributed by atoms with E-state index < -0.39 is 17.7 Å². The normalized spacial score (nSPS) is 13.7. The summed E-state index contributed by atoms with van der Waals surface area (Å²) in [5.41, 5.74) is 1.28. The summed E-state index contributed by atoms with van der Waals surface area (Å²) < 4.78 is 44.8. The largest absolute Gasteiger partial charge is 0.469 e. The molecule has 0 N–H and O–H groups in total. The van der Waals surface area contributed by atoms with Gasteiger partial charge in [-0.15, -0.1) is 0 Å². The highest BCUT2D eigenvalue weighted by Crippen LogP contribution is 2.36. The Kier molecular flexibility index (Phi) is 6.94. The lowest BCUT2D eigenvalue weighted by Crippen LogP contribution is -2.31. The van der Waals surface area contributed by atoms with E-state index in [4.69, 9.17) is 11.6 Å². The Balaban J connectivity index is 2.04. The molecule has 2 aromatic carbocycles. The van der Waals surface area contributed by atoms with E-state index in [0.717, 1.165) is 25.0 Å². The van der Waals surface area contributed by atoms with E-state index in [1.165, 1.54) is 13.2 Å². The molecule has 1 fully saturated rings. The van der Waals surface area contributed by atoms with Crippen molar-refractivity contribution in [3.63, 3.8) is 0 Å². The van der Waals surface area contributed by atoms with Crippen LogP contribution in [0.15, 0.2) is 36.4 Å². The molecule has 0 radical (unpaired) electrons. The van der Waals surface area contributed by atoms with Crippen LogP contribution < -0.4 is 0 Å². The smallest absolute Gasteiger partial charge is 0.416 e. The van der Waals surface area contributed by atoms with E-state index in [-0.39, 0.29) is 24.8 Å². The van der Waals surface area contributed by atoms with Crippen LogP contribution in [0.3, 0.4) is 0 Å². The van der Waals surface area contributed by atoms with Gasteiger partial charge < -0.3 is 9.64 Å². The van der Waals surface area contributed by atoms with E-state index in [1.54, 1.807) is 30.0 Å². The molecule has 0 spiro atoms. The molecule has 0 aliphatic heterocycles. The molecule has 8 heteroatoms. The lowest BCUT2D eigenvalue weighted by molar-refractivity contribution is -0.140. The third-order valence-electron chi connectivity index (χ3n) is 5.26. The molecule has 1 aliphatic carbocycles. The Morgan fingerprint density at radius 3 is 2.45 bits per heavy atom. The Bertz CT molecular complexity index is 987. The number of nitrogens with zero attached hydrogens (tertiary/aromatic N) is 1. The van der Waals surface area contributed by atoms with Crippen molar-refractivity contribution in [1.29, 1.82) is 0 Å². The molecule has 31 heavy (non-hydrogen) atoms. The summed E-state index contributed by atoms with van der Waals surface area (Å²) in [6.07, 6.45) is -2.89. The fraction of sp³-hybridized carbons (Fsp3) is 0.391. The Labute approximate surface area is 183 Å². The SMILES string of the molecule is CCN(Cc1cc(C(F)(F)F)ccc1-c1cc(Cl)cc(CC(=O)OC)c1)C(=O)C1CC1. The summed E-state index contributed by atoms with van der Waals surface area (Å²) in [6.45, 7) is 2.26. The number of carbonyl (C=O) groups is 2. The fourth-order valence-electron chi connectivity index (χ4n) is 3.47. The zero-order valence-electron chi connectivity index (χ0n) is 17.3. The van der Waals surface area contributed by atoms with Crippen LogP contribution in [0.1, 0.15) is 36.5 Å². The molecule has 1 saturated carbocycles. The number of carbonyl (C=O) groups excluding carboxylic acids is 2. The van der Waals surface area contributed by atoms with Gasteiger partial charge in [0.05, 0.1) is 19.1 Å². The van der Waals surface area contributed by atoms with Crippen molar-refractivity contribution < 1.29 is 27.5 Å². The first-order valence-electron chi connectivity index (χ1n) is 9.98. The highest BCUT2D eigenvalue weighted by Gasteiger charge is 2.34. The topological polar surface area (TPSA) is 46.6 Å². The molecular formula is C23H23ClF3NO3. The van der Waals surface area contributed by atoms with Gasteiger partial charge in [-0.05, 0) is 66.3 Å². The van der Waals surface area contributed by atoms with Gasteiger partial charge in [0.15, 0.2) is 0 Å². The van der Waals surface area contributed by atoms with Crippen LogP contribution in [0.25, 0.3) is 11.1 Å². The summed E-state index contributed by atoms with van der Waals surface area (Å²) in [4.78, 5) is 25.8. The van der Waals surface area contributed by atoms with Gasteiger partial charge in [0.2, 0.25) is 5.91 Å². The molecule has 3 rings (SSSR count). The first-order chi connectivity index (χ1) is 14.6. The van der Waals surface area contributed by atoms with Crippen molar-refractivity contribution in [2.45, 2.75) is 38.9 Å². The molecule has 0 heterocycles. The van der Waals surface area contributed by atoms with Crippen LogP contribution in [0.4, 0.5) is 13.2 Å². The maximum atomic E-state index is 13.4. The molecule has 0 aromatic heterocycles. The number of ether oxygens (including phenoxy) is 1.